The van der Waals surface area contributed by atoms with Crippen LogP contribution in [0.15, 0.2) is 12.4 Å². The Morgan fingerprint density at radius 1 is 1.67 bits per heavy atom. The molecule has 1 aromatic heterocycles. The van der Waals surface area contributed by atoms with E-state index in [1.807, 2.05) is 24.1 Å². The summed E-state index contributed by atoms with van der Waals surface area (Å²) in [5.74, 6) is 0. The second-order valence-electron chi connectivity index (χ2n) is 3.96. The molecule has 0 aliphatic carbocycles. The molecule has 0 amide bonds. The molecular weight excluding hydrogens is 188 g/mol. The van der Waals surface area contributed by atoms with Crippen molar-refractivity contribution < 1.29 is 0 Å². The lowest BCUT2D eigenvalue weighted by molar-refractivity contribution is 0.264. The van der Waals surface area contributed by atoms with Crippen molar-refractivity contribution in [3.8, 4) is 6.07 Å². The van der Waals surface area contributed by atoms with Gasteiger partial charge in [-0.15, -0.1) is 0 Å². The van der Waals surface area contributed by atoms with Gasteiger partial charge in [0, 0.05) is 25.8 Å². The highest BCUT2D eigenvalue weighted by Crippen LogP contribution is 2.03. The first-order chi connectivity index (χ1) is 7.13. The average molecular weight is 206 g/mol. The van der Waals surface area contributed by atoms with Gasteiger partial charge in [0.2, 0.25) is 0 Å². The Bertz CT molecular complexity index is 337. The zero-order chi connectivity index (χ0) is 11.3. The van der Waals surface area contributed by atoms with E-state index in [0.29, 0.717) is 12.5 Å². The maximum Gasteiger partial charge on any atom is 0.0638 e. The second-order valence-corrected chi connectivity index (χ2v) is 3.96. The number of nitrogens with zero attached hydrogens (tertiary/aromatic N) is 4. The fourth-order valence-electron chi connectivity index (χ4n) is 1.41. The maximum atomic E-state index is 8.58. The minimum atomic E-state index is 0.326. The summed E-state index contributed by atoms with van der Waals surface area (Å²) in [6.07, 6.45) is 5.50. The fourth-order valence-corrected chi connectivity index (χ4v) is 1.41. The minimum absolute atomic E-state index is 0.326. The van der Waals surface area contributed by atoms with Crippen LogP contribution in [0.4, 0.5) is 0 Å². The van der Waals surface area contributed by atoms with Crippen LogP contribution < -0.4 is 0 Å². The Morgan fingerprint density at radius 2 is 2.40 bits per heavy atom. The van der Waals surface area contributed by atoms with Crippen molar-refractivity contribution in [2.24, 2.45) is 7.05 Å². The summed E-state index contributed by atoms with van der Waals surface area (Å²) in [6, 6.07) is 2.52. The van der Waals surface area contributed by atoms with E-state index in [1.165, 1.54) is 5.56 Å². The van der Waals surface area contributed by atoms with Gasteiger partial charge in [0.05, 0.1) is 18.7 Å². The fraction of sp³-hybridized carbons (Fsp3) is 0.636. The van der Waals surface area contributed by atoms with Crippen molar-refractivity contribution >= 4 is 0 Å². The maximum absolute atomic E-state index is 8.58. The van der Waals surface area contributed by atoms with Gasteiger partial charge in [-0.05, 0) is 26.0 Å². The standard InChI is InChI=1S/C11H18N4/c1-10(4-6-12)14(2)7-5-11-8-13-15(3)9-11/h8-10H,4-5,7H2,1-3H3. The first-order valence-electron chi connectivity index (χ1n) is 5.18. The number of aromatic nitrogens is 2. The molecule has 1 unspecified atom stereocenters. The number of hydrogen-bond donors (Lipinski definition) is 0. The molecule has 1 aromatic rings. The molecule has 15 heavy (non-hydrogen) atoms. The number of rotatable bonds is 5. The zero-order valence-corrected chi connectivity index (χ0v) is 9.64. The molecule has 0 bridgehead atoms. The largest absolute Gasteiger partial charge is 0.302 e. The molecule has 0 spiro atoms. The van der Waals surface area contributed by atoms with Crippen LogP contribution in [-0.2, 0) is 13.5 Å². The van der Waals surface area contributed by atoms with E-state index in [1.54, 1.807) is 0 Å². The summed E-state index contributed by atoms with van der Waals surface area (Å²) in [6.45, 7) is 3.04. The van der Waals surface area contributed by atoms with E-state index in [-0.39, 0.29) is 0 Å². The van der Waals surface area contributed by atoms with E-state index in [2.05, 4.69) is 30.0 Å². The number of hydrogen-bond acceptors (Lipinski definition) is 3. The molecule has 1 heterocycles. The summed E-state index contributed by atoms with van der Waals surface area (Å²) >= 11 is 0. The molecule has 0 N–H and O–H groups in total. The molecule has 0 radical (unpaired) electrons. The van der Waals surface area contributed by atoms with E-state index < -0.39 is 0 Å². The Labute approximate surface area is 91.1 Å². The van der Waals surface area contributed by atoms with E-state index in [4.69, 9.17) is 5.26 Å². The van der Waals surface area contributed by atoms with Crippen molar-refractivity contribution in [1.29, 1.82) is 5.26 Å². The zero-order valence-electron chi connectivity index (χ0n) is 9.64. The van der Waals surface area contributed by atoms with Crippen LogP contribution in [0.5, 0.6) is 0 Å². The van der Waals surface area contributed by atoms with Gasteiger partial charge in [0.25, 0.3) is 0 Å². The van der Waals surface area contributed by atoms with Crippen LogP contribution in [0, 0.1) is 11.3 Å². The summed E-state index contributed by atoms with van der Waals surface area (Å²) in [5, 5.41) is 12.7. The smallest absolute Gasteiger partial charge is 0.0638 e. The molecule has 0 saturated heterocycles. The van der Waals surface area contributed by atoms with Gasteiger partial charge in [-0.1, -0.05) is 0 Å². The SMILES string of the molecule is CC(CC#N)N(C)CCc1cnn(C)c1. The highest BCUT2D eigenvalue weighted by Gasteiger charge is 2.08. The quantitative estimate of drug-likeness (QED) is 0.727. The van der Waals surface area contributed by atoms with Crippen LogP contribution >= 0.6 is 0 Å². The monoisotopic (exact) mass is 206 g/mol. The molecule has 4 heteroatoms. The molecule has 1 rings (SSSR count). The normalized spacial score (nSPS) is 12.7. The third-order valence-corrected chi connectivity index (χ3v) is 2.65. The minimum Gasteiger partial charge on any atom is -0.302 e. The number of likely N-dealkylation sites (N-methyl/N-ethyl adjacent to an activating group) is 1. The van der Waals surface area contributed by atoms with E-state index in [0.717, 1.165) is 13.0 Å². The van der Waals surface area contributed by atoms with Gasteiger partial charge in [-0.3, -0.25) is 4.68 Å². The van der Waals surface area contributed by atoms with Crippen LogP contribution in [0.25, 0.3) is 0 Å². The predicted molar refractivity (Wildman–Crippen MR) is 59.2 cm³/mol. The van der Waals surface area contributed by atoms with Crippen molar-refractivity contribution in [2.45, 2.75) is 25.8 Å². The van der Waals surface area contributed by atoms with Gasteiger partial charge >= 0.3 is 0 Å². The Hall–Kier alpha value is -1.34. The van der Waals surface area contributed by atoms with Crippen molar-refractivity contribution in [3.05, 3.63) is 18.0 Å². The molecule has 0 saturated carbocycles. The third kappa shape index (κ3) is 3.72. The topological polar surface area (TPSA) is 44.9 Å². The second kappa shape index (κ2) is 5.52. The lowest BCUT2D eigenvalue weighted by atomic mass is 10.2. The van der Waals surface area contributed by atoms with Crippen molar-refractivity contribution in [1.82, 2.24) is 14.7 Å². The van der Waals surface area contributed by atoms with Gasteiger partial charge < -0.3 is 4.90 Å². The highest BCUT2D eigenvalue weighted by molar-refractivity contribution is 5.04. The highest BCUT2D eigenvalue weighted by atomic mass is 15.2. The molecule has 1 atom stereocenters. The summed E-state index contributed by atoms with van der Waals surface area (Å²) < 4.78 is 1.81. The number of aryl methyl sites for hydroxylation is 1. The molecule has 0 aliphatic heterocycles. The van der Waals surface area contributed by atoms with Gasteiger partial charge in [0.15, 0.2) is 0 Å². The Balaban J connectivity index is 2.34. The number of nitriles is 1. The predicted octanol–water partition coefficient (Wildman–Crippen LogP) is 1.20. The van der Waals surface area contributed by atoms with Gasteiger partial charge in [-0.2, -0.15) is 10.4 Å². The Kier molecular flexibility index (Phi) is 4.32. The first kappa shape index (κ1) is 11.7. The molecule has 0 aromatic carbocycles. The van der Waals surface area contributed by atoms with Crippen LogP contribution in [0.1, 0.15) is 18.9 Å². The Morgan fingerprint density at radius 3 is 2.93 bits per heavy atom. The van der Waals surface area contributed by atoms with E-state index in [9.17, 15) is 0 Å². The molecule has 4 nitrogen and oxygen atoms in total. The van der Waals surface area contributed by atoms with Crippen molar-refractivity contribution in [2.75, 3.05) is 13.6 Å². The van der Waals surface area contributed by atoms with Gasteiger partial charge in [-0.25, -0.2) is 0 Å². The van der Waals surface area contributed by atoms with Gasteiger partial charge in [0.1, 0.15) is 0 Å². The summed E-state index contributed by atoms with van der Waals surface area (Å²) in [5.41, 5.74) is 1.24. The summed E-state index contributed by atoms with van der Waals surface area (Å²) in [7, 11) is 3.98. The molecule has 0 aliphatic rings. The third-order valence-electron chi connectivity index (χ3n) is 2.65. The van der Waals surface area contributed by atoms with Crippen LogP contribution in [0.3, 0.4) is 0 Å². The van der Waals surface area contributed by atoms with Crippen LogP contribution in [-0.4, -0.2) is 34.3 Å². The molecular formula is C11H18N4. The lowest BCUT2D eigenvalue weighted by Gasteiger charge is -2.21. The first-order valence-corrected chi connectivity index (χ1v) is 5.18. The van der Waals surface area contributed by atoms with Crippen molar-refractivity contribution in [3.63, 3.8) is 0 Å². The summed E-state index contributed by atoms with van der Waals surface area (Å²) in [4.78, 5) is 2.20. The molecule has 82 valence electrons. The molecule has 0 fully saturated rings. The average Bonchev–Trinajstić information content (AvgIpc) is 2.61. The lowest BCUT2D eigenvalue weighted by Crippen LogP contribution is -2.30. The van der Waals surface area contributed by atoms with Crippen LogP contribution in [0.2, 0.25) is 0 Å². The van der Waals surface area contributed by atoms with E-state index >= 15 is 0 Å².